The Bertz CT molecular complexity index is 339. The van der Waals surface area contributed by atoms with Crippen molar-refractivity contribution < 1.29 is 14.9 Å². The monoisotopic (exact) mass is 370 g/mol. The lowest BCUT2D eigenvalue weighted by Gasteiger charge is -2.14. The minimum absolute atomic E-state index is 0.303. The molecule has 1 atom stereocenters. The van der Waals surface area contributed by atoms with Crippen molar-refractivity contribution in [1.29, 1.82) is 0 Å². The Hall–Kier alpha value is -0.650. The molecule has 1 aliphatic heterocycles. The molecule has 1 rings (SSSR count). The van der Waals surface area contributed by atoms with E-state index in [1.54, 1.807) is 10.4 Å². The molecule has 26 heavy (non-hydrogen) atoms. The van der Waals surface area contributed by atoms with Crippen LogP contribution in [0.5, 0.6) is 0 Å². The minimum Gasteiger partial charge on any atom is -0.321 e. The van der Waals surface area contributed by atoms with E-state index in [0.717, 1.165) is 19.8 Å². The van der Waals surface area contributed by atoms with Crippen LogP contribution in [0.2, 0.25) is 0 Å². The number of hydroxylamine groups is 1. The first-order chi connectivity index (χ1) is 12.8. The number of amides is 1. The van der Waals surface area contributed by atoms with Gasteiger partial charge in [0.2, 0.25) is 0 Å². The van der Waals surface area contributed by atoms with Crippen LogP contribution in [0.15, 0.2) is 0 Å². The van der Waals surface area contributed by atoms with Crippen LogP contribution in [0.4, 0.5) is 0 Å². The van der Waals surface area contributed by atoms with Crippen molar-refractivity contribution in [3.8, 4) is 0 Å². The molecule has 0 saturated carbocycles. The Morgan fingerprint density at radius 2 is 1.38 bits per heavy atom. The van der Waals surface area contributed by atoms with Crippen LogP contribution in [0.25, 0.3) is 0 Å². The number of nitrogens with zero attached hydrogens (tertiary/aromatic N) is 1. The van der Waals surface area contributed by atoms with Crippen molar-refractivity contribution in [1.82, 2.24) is 10.4 Å². The number of carbonyl (C=O) groups excluding carboxylic acids is 1. The van der Waals surface area contributed by atoms with Gasteiger partial charge in [-0.25, -0.2) is 10.4 Å². The van der Waals surface area contributed by atoms with E-state index in [0.29, 0.717) is 6.54 Å². The summed E-state index contributed by atoms with van der Waals surface area (Å²) >= 11 is 0. The van der Waals surface area contributed by atoms with Crippen molar-refractivity contribution in [2.45, 2.75) is 96.8 Å². The normalized spacial score (nSPS) is 17.7. The molecule has 5 heteroatoms. The molecular formula is C21H44N3O2+. The van der Waals surface area contributed by atoms with Gasteiger partial charge in [0.25, 0.3) is 5.91 Å². The number of nitrogens with one attached hydrogen (secondary N) is 2. The largest absolute Gasteiger partial charge is 0.321 e. The Morgan fingerprint density at radius 3 is 1.88 bits per heavy atom. The van der Waals surface area contributed by atoms with Crippen LogP contribution in [0.3, 0.4) is 0 Å². The van der Waals surface area contributed by atoms with Crippen molar-refractivity contribution in [2.24, 2.45) is 0 Å². The van der Waals surface area contributed by atoms with Gasteiger partial charge in [0.15, 0.2) is 0 Å². The van der Waals surface area contributed by atoms with Gasteiger partial charge >= 0.3 is 0 Å². The van der Waals surface area contributed by atoms with E-state index in [9.17, 15) is 4.79 Å². The molecule has 0 aromatic carbocycles. The van der Waals surface area contributed by atoms with Crippen molar-refractivity contribution in [3.05, 3.63) is 0 Å². The Balaban J connectivity index is 1.78. The van der Waals surface area contributed by atoms with E-state index in [-0.39, 0.29) is 5.91 Å². The standard InChI is InChI=1S/C21H43N3O2/c1-2-3-4-5-6-7-8-9-10-11-12-13-14-15-16-23-17-18-24(20-23)19-21(25)22-26/h26H,2-20H2,1H3,(H,22,25)/p+1. The molecule has 0 aromatic rings. The summed E-state index contributed by atoms with van der Waals surface area (Å²) in [6.45, 7) is 6.83. The third kappa shape index (κ3) is 12.7. The van der Waals surface area contributed by atoms with Crippen LogP contribution >= 0.6 is 0 Å². The molecule has 5 nitrogen and oxygen atoms in total. The maximum Gasteiger partial charge on any atom is 0.257 e. The van der Waals surface area contributed by atoms with Crippen LogP contribution in [-0.4, -0.2) is 48.9 Å². The summed E-state index contributed by atoms with van der Waals surface area (Å²) in [6.07, 6.45) is 19.7. The van der Waals surface area contributed by atoms with Crippen LogP contribution in [0.1, 0.15) is 96.8 Å². The Kier molecular flexibility index (Phi) is 14.9. The van der Waals surface area contributed by atoms with Gasteiger partial charge in [-0.2, -0.15) is 0 Å². The number of carbonyl (C=O) groups is 1. The predicted octanol–water partition coefficient (Wildman–Crippen LogP) is 3.13. The van der Waals surface area contributed by atoms with Gasteiger partial charge in [-0.1, -0.05) is 84.0 Å². The SMILES string of the molecule is CCCCCCCCCCCCCCCC[NH+]1CCN(CC(=O)NO)C1. The third-order valence-corrected chi connectivity index (χ3v) is 5.60. The van der Waals surface area contributed by atoms with Gasteiger partial charge in [0, 0.05) is 0 Å². The highest BCUT2D eigenvalue weighted by molar-refractivity contribution is 5.76. The molecule has 1 amide bonds. The fourth-order valence-electron chi connectivity index (χ4n) is 3.94. The van der Waals surface area contributed by atoms with Gasteiger partial charge in [0.05, 0.1) is 26.2 Å². The quantitative estimate of drug-likeness (QED) is 0.209. The average Bonchev–Trinajstić information content (AvgIpc) is 3.09. The maximum absolute atomic E-state index is 11.2. The van der Waals surface area contributed by atoms with E-state index in [1.807, 2.05) is 0 Å². The molecule has 1 heterocycles. The van der Waals surface area contributed by atoms with Gasteiger partial charge in [0.1, 0.15) is 6.67 Å². The van der Waals surface area contributed by atoms with E-state index in [2.05, 4.69) is 11.8 Å². The molecule has 0 radical (unpaired) electrons. The van der Waals surface area contributed by atoms with Crippen LogP contribution in [-0.2, 0) is 4.79 Å². The van der Waals surface area contributed by atoms with E-state index in [4.69, 9.17) is 5.21 Å². The van der Waals surface area contributed by atoms with Crippen molar-refractivity contribution in [2.75, 3.05) is 32.8 Å². The van der Waals surface area contributed by atoms with Gasteiger partial charge in [-0.3, -0.25) is 10.0 Å². The summed E-state index contributed by atoms with van der Waals surface area (Å²) in [5, 5.41) is 8.57. The lowest BCUT2D eigenvalue weighted by molar-refractivity contribution is -0.892. The lowest BCUT2D eigenvalue weighted by atomic mass is 10.0. The van der Waals surface area contributed by atoms with Gasteiger partial charge < -0.3 is 4.90 Å². The number of quaternary nitrogens is 1. The minimum atomic E-state index is -0.303. The highest BCUT2D eigenvalue weighted by Crippen LogP contribution is 2.12. The first kappa shape index (κ1) is 23.4. The molecular weight excluding hydrogens is 326 g/mol. The predicted molar refractivity (Wildman–Crippen MR) is 107 cm³/mol. The van der Waals surface area contributed by atoms with Crippen LogP contribution < -0.4 is 10.4 Å². The first-order valence-electron chi connectivity index (χ1n) is 11.2. The zero-order valence-corrected chi connectivity index (χ0v) is 17.2. The highest BCUT2D eigenvalue weighted by Gasteiger charge is 2.24. The van der Waals surface area contributed by atoms with Gasteiger partial charge in [-0.15, -0.1) is 0 Å². The smallest absolute Gasteiger partial charge is 0.257 e. The molecule has 0 bridgehead atoms. The number of hydrogen-bond acceptors (Lipinski definition) is 3. The summed E-state index contributed by atoms with van der Waals surface area (Å²) in [6, 6.07) is 0. The fourth-order valence-corrected chi connectivity index (χ4v) is 3.94. The summed E-state index contributed by atoms with van der Waals surface area (Å²) in [5.41, 5.74) is 1.71. The summed E-state index contributed by atoms with van der Waals surface area (Å²) in [5.74, 6) is -0.303. The molecule has 0 aromatic heterocycles. The maximum atomic E-state index is 11.2. The second-order valence-electron chi connectivity index (χ2n) is 8.09. The molecule has 0 aliphatic carbocycles. The fraction of sp³-hybridized carbons (Fsp3) is 0.952. The van der Waals surface area contributed by atoms with Crippen molar-refractivity contribution >= 4 is 5.91 Å². The molecule has 154 valence electrons. The summed E-state index contributed by atoms with van der Waals surface area (Å²) in [7, 11) is 0. The zero-order chi connectivity index (χ0) is 18.9. The van der Waals surface area contributed by atoms with E-state index >= 15 is 0 Å². The second kappa shape index (κ2) is 16.5. The molecule has 1 unspecified atom stereocenters. The number of hydrogen-bond donors (Lipinski definition) is 3. The third-order valence-electron chi connectivity index (χ3n) is 5.60. The molecule has 1 fully saturated rings. The number of unbranched alkanes of at least 4 members (excludes halogenated alkanes) is 13. The van der Waals surface area contributed by atoms with Crippen LogP contribution in [0, 0.1) is 0 Å². The second-order valence-corrected chi connectivity index (χ2v) is 8.09. The molecule has 1 saturated heterocycles. The van der Waals surface area contributed by atoms with E-state index in [1.165, 1.54) is 96.4 Å². The molecule has 1 aliphatic rings. The Morgan fingerprint density at radius 1 is 0.885 bits per heavy atom. The summed E-state index contributed by atoms with van der Waals surface area (Å²) in [4.78, 5) is 14.9. The molecule has 3 N–H and O–H groups in total. The highest BCUT2D eigenvalue weighted by atomic mass is 16.5. The van der Waals surface area contributed by atoms with Crippen molar-refractivity contribution in [3.63, 3.8) is 0 Å². The molecule has 0 spiro atoms. The Labute approximate surface area is 161 Å². The van der Waals surface area contributed by atoms with Gasteiger partial charge in [-0.05, 0) is 12.8 Å². The topological polar surface area (TPSA) is 57.0 Å². The average molecular weight is 371 g/mol. The zero-order valence-electron chi connectivity index (χ0n) is 17.2. The summed E-state index contributed by atoms with van der Waals surface area (Å²) < 4.78 is 0. The number of rotatable bonds is 17. The first-order valence-corrected chi connectivity index (χ1v) is 11.2. The van der Waals surface area contributed by atoms with E-state index < -0.39 is 0 Å². The lowest BCUT2D eigenvalue weighted by Crippen LogP contribution is -3.10.